The van der Waals surface area contributed by atoms with E-state index in [0.717, 1.165) is 114 Å². The Kier molecular flexibility index (Phi) is 10.4. The highest BCUT2D eigenvalue weighted by Gasteiger charge is 2.34. The molecule has 0 spiro atoms. The maximum Gasteiger partial charge on any atom is 0.102 e. The Bertz CT molecular complexity index is 5190. The van der Waals surface area contributed by atoms with E-state index in [1.165, 1.54) is 20.2 Å². The van der Waals surface area contributed by atoms with Crippen molar-refractivity contribution in [3.8, 4) is 79.1 Å². The Morgan fingerprint density at radius 3 is 1.32 bits per heavy atom. The van der Waals surface area contributed by atoms with Crippen LogP contribution >= 0.6 is 22.7 Å². The Morgan fingerprint density at radius 1 is 0.300 bits per heavy atom. The molecule has 0 fully saturated rings. The van der Waals surface area contributed by atoms with Gasteiger partial charge in [-0.05, 0) is 93.0 Å². The summed E-state index contributed by atoms with van der Waals surface area (Å²) < 4.78 is 9.40. The minimum atomic E-state index is 0.413. The average Bonchev–Trinajstić information content (AvgIpc) is 4.46. The Balaban J connectivity index is 1.23. The van der Waals surface area contributed by atoms with E-state index >= 15 is 0 Å². The minimum absolute atomic E-state index is 0.413. The van der Waals surface area contributed by atoms with Crippen molar-refractivity contribution in [1.82, 2.24) is 9.13 Å². The summed E-state index contributed by atoms with van der Waals surface area (Å²) in [6, 6.07) is 96.2. The lowest BCUT2D eigenvalue weighted by molar-refractivity contribution is 1.13. The largest absolute Gasteiger partial charge is 0.307 e. The topological polar surface area (TPSA) is 57.4 Å². The Morgan fingerprint density at radius 2 is 0.738 bits per heavy atom. The van der Waals surface area contributed by atoms with Crippen LogP contribution in [0.3, 0.4) is 0 Å². The Hall–Kier alpha value is -10.3. The second-order valence-corrected chi connectivity index (χ2v) is 22.6. The molecule has 4 aromatic heterocycles. The molecule has 0 aliphatic heterocycles. The summed E-state index contributed by atoms with van der Waals surface area (Å²) in [5.74, 6) is 0. The lowest BCUT2D eigenvalue weighted by atomic mass is 9.84. The molecule has 0 unspecified atom stereocenters. The monoisotopic (exact) mass is 1050 g/mol. The fraction of sp³-hybridized carbons (Fsp3) is 0. The molecular formula is C74H42N4S2. The molecule has 0 N–H and O–H groups in total. The first-order valence-corrected chi connectivity index (χ1v) is 28.4. The summed E-state index contributed by atoms with van der Waals surface area (Å²) >= 11 is 3.60. The SMILES string of the molecule is N#Cc1c(-c2ccccc2)c(C#N)c(-n2c3c(ccc4c5ccccc5sc43)c3cc(-c4ccccc4)c4c5ccccc5sc4c32)c(-c2cc(-c3ccccc3)cc(-c3ccccc3)c2)c1-n1c2ccccc2c2ccccc21. The third-order valence-corrected chi connectivity index (χ3v) is 18.5. The summed E-state index contributed by atoms with van der Waals surface area (Å²) in [6.07, 6.45) is 0. The van der Waals surface area contributed by atoms with E-state index in [0.29, 0.717) is 28.1 Å². The first-order valence-electron chi connectivity index (χ1n) is 26.8. The van der Waals surface area contributed by atoms with Gasteiger partial charge in [0, 0.05) is 63.6 Å². The summed E-state index contributed by atoms with van der Waals surface area (Å²) in [7, 11) is 0. The van der Waals surface area contributed by atoms with Gasteiger partial charge in [0.1, 0.15) is 12.1 Å². The number of rotatable bonds is 7. The van der Waals surface area contributed by atoms with Crippen molar-refractivity contribution >= 4 is 107 Å². The van der Waals surface area contributed by atoms with E-state index in [2.05, 4.69) is 246 Å². The second kappa shape index (κ2) is 18.1. The van der Waals surface area contributed by atoms with Crippen molar-refractivity contribution in [3.05, 3.63) is 266 Å². The molecule has 0 saturated heterocycles. The normalized spacial score (nSPS) is 11.7. The van der Waals surface area contributed by atoms with Crippen LogP contribution in [0.2, 0.25) is 0 Å². The molecule has 12 aromatic carbocycles. The molecule has 370 valence electrons. The van der Waals surface area contributed by atoms with Crippen molar-refractivity contribution in [2.75, 3.05) is 0 Å². The molecule has 0 bridgehead atoms. The lowest BCUT2D eigenvalue weighted by Crippen LogP contribution is -2.11. The summed E-state index contributed by atoms with van der Waals surface area (Å²) in [4.78, 5) is 0. The van der Waals surface area contributed by atoms with Crippen LogP contribution in [0.25, 0.3) is 151 Å². The first kappa shape index (κ1) is 45.8. The van der Waals surface area contributed by atoms with Gasteiger partial charge in [0.2, 0.25) is 0 Å². The van der Waals surface area contributed by atoms with Gasteiger partial charge in [-0.1, -0.05) is 206 Å². The minimum Gasteiger partial charge on any atom is -0.307 e. The summed E-state index contributed by atoms with van der Waals surface area (Å²) in [6.45, 7) is 0. The predicted octanol–water partition coefficient (Wildman–Crippen LogP) is 20.7. The zero-order chi connectivity index (χ0) is 53.0. The molecule has 16 aromatic rings. The van der Waals surface area contributed by atoms with Gasteiger partial charge in [-0.2, -0.15) is 10.5 Å². The third-order valence-electron chi connectivity index (χ3n) is 16.2. The number of nitriles is 2. The van der Waals surface area contributed by atoms with Crippen LogP contribution in [0.15, 0.2) is 255 Å². The highest BCUT2D eigenvalue weighted by Crippen LogP contribution is 2.54. The third kappa shape index (κ3) is 6.77. The first-order chi connectivity index (χ1) is 39.6. The van der Waals surface area contributed by atoms with E-state index in [4.69, 9.17) is 0 Å². The fourth-order valence-corrected chi connectivity index (χ4v) is 15.3. The summed E-state index contributed by atoms with van der Waals surface area (Å²) in [5, 5.41) is 33.9. The Labute approximate surface area is 468 Å². The lowest BCUT2D eigenvalue weighted by Gasteiger charge is -2.26. The van der Waals surface area contributed by atoms with E-state index < -0.39 is 0 Å². The average molecular weight is 1050 g/mol. The zero-order valence-electron chi connectivity index (χ0n) is 42.9. The molecule has 0 aliphatic carbocycles. The van der Waals surface area contributed by atoms with Crippen molar-refractivity contribution in [3.63, 3.8) is 0 Å². The molecule has 4 nitrogen and oxygen atoms in total. The highest BCUT2D eigenvalue weighted by atomic mass is 32.1. The number of thiophene rings is 2. The number of para-hydroxylation sites is 2. The number of fused-ring (bicyclic) bond motifs is 14. The summed E-state index contributed by atoms with van der Waals surface area (Å²) in [5.41, 5.74) is 15.6. The van der Waals surface area contributed by atoms with Gasteiger partial charge < -0.3 is 9.13 Å². The van der Waals surface area contributed by atoms with E-state index in [1.807, 2.05) is 30.3 Å². The maximum atomic E-state index is 12.6. The fourth-order valence-electron chi connectivity index (χ4n) is 12.8. The molecule has 4 heterocycles. The van der Waals surface area contributed by atoms with Crippen molar-refractivity contribution in [2.45, 2.75) is 0 Å². The molecule has 0 amide bonds. The molecular weight excluding hydrogens is 1010 g/mol. The zero-order valence-corrected chi connectivity index (χ0v) is 44.5. The van der Waals surface area contributed by atoms with Gasteiger partial charge in [-0.15, -0.1) is 22.7 Å². The van der Waals surface area contributed by atoms with Gasteiger partial charge in [-0.25, -0.2) is 0 Å². The van der Waals surface area contributed by atoms with Crippen molar-refractivity contribution in [2.24, 2.45) is 0 Å². The predicted molar refractivity (Wildman–Crippen MR) is 338 cm³/mol. The van der Waals surface area contributed by atoms with Gasteiger partial charge in [0.05, 0.1) is 54.0 Å². The van der Waals surface area contributed by atoms with Crippen molar-refractivity contribution < 1.29 is 0 Å². The molecule has 0 radical (unpaired) electrons. The van der Waals surface area contributed by atoms with Crippen molar-refractivity contribution in [1.29, 1.82) is 10.5 Å². The van der Waals surface area contributed by atoms with E-state index in [9.17, 15) is 10.5 Å². The van der Waals surface area contributed by atoms with Gasteiger partial charge in [0.25, 0.3) is 0 Å². The molecule has 0 saturated carbocycles. The van der Waals surface area contributed by atoms with E-state index in [1.54, 1.807) is 22.7 Å². The van der Waals surface area contributed by atoms with Crippen LogP contribution in [0.4, 0.5) is 0 Å². The maximum absolute atomic E-state index is 12.6. The number of nitrogens with zero attached hydrogens (tertiary/aromatic N) is 4. The smallest absolute Gasteiger partial charge is 0.102 e. The van der Waals surface area contributed by atoms with Crippen LogP contribution in [0, 0.1) is 22.7 Å². The van der Waals surface area contributed by atoms with Crippen LogP contribution in [-0.2, 0) is 0 Å². The van der Waals surface area contributed by atoms with Crippen LogP contribution in [0.5, 0.6) is 0 Å². The van der Waals surface area contributed by atoms with Crippen LogP contribution < -0.4 is 0 Å². The second-order valence-electron chi connectivity index (χ2n) is 20.4. The molecule has 0 atom stereocenters. The van der Waals surface area contributed by atoms with Gasteiger partial charge in [0.15, 0.2) is 0 Å². The molecule has 80 heavy (non-hydrogen) atoms. The number of aromatic nitrogens is 2. The van der Waals surface area contributed by atoms with Crippen LogP contribution in [-0.4, -0.2) is 9.13 Å². The van der Waals surface area contributed by atoms with Gasteiger partial charge in [-0.3, -0.25) is 0 Å². The molecule has 16 rings (SSSR count). The number of benzene rings is 12. The van der Waals surface area contributed by atoms with Crippen LogP contribution in [0.1, 0.15) is 11.1 Å². The molecule has 6 heteroatoms. The number of hydrogen-bond acceptors (Lipinski definition) is 4. The molecule has 0 aliphatic rings. The standard InChI is InChI=1S/C74H42N4S2/c75-43-60-66(48-27-11-4-12-28-48)61(44-76)70(67(69(60)77-62-33-17-13-29-52(62)53-30-14-18-34-63(53)77)51-40-49(45-21-5-1-6-22-45)39-50(41-51)46-23-7-2-8-24-46)78-71-55(37-38-56-54-31-15-19-35-64(54)79-73(56)71)59-42-58(47-25-9-3-10-26-47)68-57-32-16-20-36-65(57)80-74(68)72(59)78/h1-42H. The van der Waals surface area contributed by atoms with Gasteiger partial charge >= 0.3 is 0 Å². The number of hydrogen-bond donors (Lipinski definition) is 0. The highest BCUT2D eigenvalue weighted by molar-refractivity contribution is 7.27. The quantitative estimate of drug-likeness (QED) is 0.160. The van der Waals surface area contributed by atoms with E-state index in [-0.39, 0.29) is 0 Å².